The van der Waals surface area contributed by atoms with Gasteiger partial charge in [-0.2, -0.15) is 0 Å². The van der Waals surface area contributed by atoms with Gasteiger partial charge in [-0.1, -0.05) is 26.8 Å². The van der Waals surface area contributed by atoms with Crippen molar-refractivity contribution in [1.82, 2.24) is 9.88 Å². The molecule has 0 aromatic carbocycles. The van der Waals surface area contributed by atoms with E-state index in [0.717, 1.165) is 18.2 Å². The number of pyridine rings is 1. The van der Waals surface area contributed by atoms with Gasteiger partial charge in [0, 0.05) is 30.4 Å². The zero-order chi connectivity index (χ0) is 14.5. The third kappa shape index (κ3) is 3.72. The predicted molar refractivity (Wildman–Crippen MR) is 86.0 cm³/mol. The Labute approximate surface area is 123 Å². The SMILES string of the molecule is CC[C@H](C)Nc1ncccc1[C@@H]1CCCN1CC(C)C. The third-order valence-electron chi connectivity index (χ3n) is 4.16. The van der Waals surface area contributed by atoms with Crippen LogP contribution in [0.1, 0.15) is 58.6 Å². The maximum atomic E-state index is 4.59. The molecule has 0 bridgehead atoms. The number of likely N-dealkylation sites (tertiary alicyclic amines) is 1. The molecule has 1 N–H and O–H groups in total. The second-order valence-corrected chi connectivity index (χ2v) is 6.44. The lowest BCUT2D eigenvalue weighted by Gasteiger charge is -2.28. The van der Waals surface area contributed by atoms with Crippen LogP contribution in [0.25, 0.3) is 0 Å². The quantitative estimate of drug-likeness (QED) is 0.847. The summed E-state index contributed by atoms with van der Waals surface area (Å²) in [6.45, 7) is 11.4. The lowest BCUT2D eigenvalue weighted by molar-refractivity contribution is 0.229. The Morgan fingerprint density at radius 1 is 1.40 bits per heavy atom. The summed E-state index contributed by atoms with van der Waals surface area (Å²) >= 11 is 0. The summed E-state index contributed by atoms with van der Waals surface area (Å²) in [6, 6.07) is 5.34. The molecule has 112 valence electrons. The highest BCUT2D eigenvalue weighted by Gasteiger charge is 2.28. The van der Waals surface area contributed by atoms with Gasteiger partial charge in [-0.15, -0.1) is 0 Å². The first-order valence-corrected chi connectivity index (χ1v) is 8.07. The molecule has 1 aromatic rings. The molecule has 1 aliphatic rings. The molecule has 0 saturated carbocycles. The van der Waals surface area contributed by atoms with Gasteiger partial charge in [-0.3, -0.25) is 4.90 Å². The van der Waals surface area contributed by atoms with Crippen LogP contribution in [0, 0.1) is 5.92 Å². The standard InChI is InChI=1S/C17H29N3/c1-5-14(4)19-17-15(8-6-10-18-17)16-9-7-11-20(16)12-13(2)3/h6,8,10,13-14,16H,5,7,9,11-12H2,1-4H3,(H,18,19)/t14-,16-/m0/s1. The molecule has 1 fully saturated rings. The van der Waals surface area contributed by atoms with Gasteiger partial charge in [0.1, 0.15) is 5.82 Å². The first kappa shape index (κ1) is 15.3. The second-order valence-electron chi connectivity index (χ2n) is 6.44. The molecule has 2 atom stereocenters. The second kappa shape index (κ2) is 7.07. The maximum Gasteiger partial charge on any atom is 0.130 e. The van der Waals surface area contributed by atoms with Gasteiger partial charge in [0.05, 0.1) is 0 Å². The van der Waals surface area contributed by atoms with Crippen LogP contribution in [0.15, 0.2) is 18.3 Å². The van der Waals surface area contributed by atoms with Crippen LogP contribution in [0.3, 0.4) is 0 Å². The van der Waals surface area contributed by atoms with Gasteiger partial charge in [-0.25, -0.2) is 4.98 Å². The fraction of sp³-hybridized carbons (Fsp3) is 0.706. The maximum absolute atomic E-state index is 4.59. The molecule has 0 radical (unpaired) electrons. The predicted octanol–water partition coefficient (Wildman–Crippen LogP) is 4.08. The van der Waals surface area contributed by atoms with Crippen molar-refractivity contribution in [2.24, 2.45) is 5.92 Å². The average Bonchev–Trinajstić information content (AvgIpc) is 2.86. The molecule has 3 heteroatoms. The first-order valence-electron chi connectivity index (χ1n) is 8.07. The Morgan fingerprint density at radius 2 is 2.20 bits per heavy atom. The first-order chi connectivity index (χ1) is 9.61. The van der Waals surface area contributed by atoms with Crippen molar-refractivity contribution in [2.75, 3.05) is 18.4 Å². The van der Waals surface area contributed by atoms with E-state index in [1.54, 1.807) is 0 Å². The highest BCUT2D eigenvalue weighted by molar-refractivity contribution is 5.46. The molecular weight excluding hydrogens is 246 g/mol. The van der Waals surface area contributed by atoms with Crippen molar-refractivity contribution in [1.29, 1.82) is 0 Å². The lowest BCUT2D eigenvalue weighted by atomic mass is 10.0. The zero-order valence-electron chi connectivity index (χ0n) is 13.4. The molecule has 1 saturated heterocycles. The number of nitrogens with one attached hydrogen (secondary N) is 1. The lowest BCUT2D eigenvalue weighted by Crippen LogP contribution is -2.28. The van der Waals surface area contributed by atoms with Gasteiger partial charge in [-0.05, 0) is 44.7 Å². The summed E-state index contributed by atoms with van der Waals surface area (Å²) in [5.74, 6) is 1.81. The normalized spacial score (nSPS) is 21.4. The molecule has 3 nitrogen and oxygen atoms in total. The summed E-state index contributed by atoms with van der Waals surface area (Å²) in [7, 11) is 0. The van der Waals surface area contributed by atoms with Gasteiger partial charge in [0.2, 0.25) is 0 Å². The van der Waals surface area contributed by atoms with Gasteiger partial charge in [0.25, 0.3) is 0 Å². The van der Waals surface area contributed by atoms with Gasteiger partial charge in [0.15, 0.2) is 0 Å². The van der Waals surface area contributed by atoms with Crippen LogP contribution in [0.5, 0.6) is 0 Å². The Hall–Kier alpha value is -1.09. The Kier molecular flexibility index (Phi) is 5.41. The molecule has 2 rings (SSSR count). The number of anilines is 1. The van der Waals surface area contributed by atoms with E-state index < -0.39 is 0 Å². The third-order valence-corrected chi connectivity index (χ3v) is 4.16. The summed E-state index contributed by atoms with van der Waals surface area (Å²) < 4.78 is 0. The Morgan fingerprint density at radius 3 is 2.90 bits per heavy atom. The average molecular weight is 275 g/mol. The van der Waals surface area contributed by atoms with E-state index >= 15 is 0 Å². The van der Waals surface area contributed by atoms with Crippen molar-refractivity contribution in [3.05, 3.63) is 23.9 Å². The largest absolute Gasteiger partial charge is 0.367 e. The molecule has 0 spiro atoms. The minimum atomic E-state index is 0.476. The fourth-order valence-electron chi connectivity index (χ4n) is 3.01. The molecular formula is C17H29N3. The molecule has 1 aliphatic heterocycles. The number of nitrogens with zero attached hydrogens (tertiary/aromatic N) is 2. The van der Waals surface area contributed by atoms with Gasteiger partial charge < -0.3 is 5.32 Å². The van der Waals surface area contributed by atoms with Crippen molar-refractivity contribution < 1.29 is 0 Å². The van der Waals surface area contributed by atoms with E-state index in [-0.39, 0.29) is 0 Å². The Balaban J connectivity index is 2.18. The van der Waals surface area contributed by atoms with Crippen LogP contribution >= 0.6 is 0 Å². The van der Waals surface area contributed by atoms with E-state index in [9.17, 15) is 0 Å². The van der Waals surface area contributed by atoms with E-state index in [2.05, 4.69) is 55.0 Å². The summed E-state index contributed by atoms with van der Waals surface area (Å²) in [6.07, 6.45) is 5.58. The van der Waals surface area contributed by atoms with Gasteiger partial charge >= 0.3 is 0 Å². The highest BCUT2D eigenvalue weighted by atomic mass is 15.2. The molecule has 1 aromatic heterocycles. The fourth-order valence-corrected chi connectivity index (χ4v) is 3.01. The van der Waals surface area contributed by atoms with E-state index in [1.165, 1.54) is 31.5 Å². The van der Waals surface area contributed by atoms with E-state index in [0.29, 0.717) is 12.1 Å². The Bertz CT molecular complexity index is 416. The minimum absolute atomic E-state index is 0.476. The molecule has 0 unspecified atom stereocenters. The zero-order valence-corrected chi connectivity index (χ0v) is 13.4. The number of rotatable bonds is 6. The number of hydrogen-bond donors (Lipinski definition) is 1. The number of aromatic nitrogens is 1. The van der Waals surface area contributed by atoms with E-state index in [4.69, 9.17) is 0 Å². The van der Waals surface area contributed by atoms with Crippen LogP contribution < -0.4 is 5.32 Å². The monoisotopic (exact) mass is 275 g/mol. The summed E-state index contributed by atoms with van der Waals surface area (Å²) in [5, 5.41) is 3.57. The smallest absolute Gasteiger partial charge is 0.130 e. The molecule has 0 amide bonds. The van der Waals surface area contributed by atoms with Crippen LogP contribution in [0.4, 0.5) is 5.82 Å². The van der Waals surface area contributed by atoms with Crippen molar-refractivity contribution in [3.63, 3.8) is 0 Å². The van der Waals surface area contributed by atoms with Crippen LogP contribution in [-0.2, 0) is 0 Å². The molecule has 0 aliphatic carbocycles. The number of hydrogen-bond acceptors (Lipinski definition) is 3. The topological polar surface area (TPSA) is 28.2 Å². The molecule has 20 heavy (non-hydrogen) atoms. The van der Waals surface area contributed by atoms with Crippen molar-refractivity contribution in [3.8, 4) is 0 Å². The summed E-state index contributed by atoms with van der Waals surface area (Å²) in [5.41, 5.74) is 1.38. The van der Waals surface area contributed by atoms with Crippen LogP contribution in [0.2, 0.25) is 0 Å². The van der Waals surface area contributed by atoms with Crippen molar-refractivity contribution in [2.45, 2.75) is 59.0 Å². The highest BCUT2D eigenvalue weighted by Crippen LogP contribution is 2.35. The molecule has 2 heterocycles. The summed E-state index contributed by atoms with van der Waals surface area (Å²) in [4.78, 5) is 7.22. The van der Waals surface area contributed by atoms with Crippen molar-refractivity contribution >= 4 is 5.82 Å². The minimum Gasteiger partial charge on any atom is -0.367 e. The van der Waals surface area contributed by atoms with E-state index in [1.807, 2.05) is 6.20 Å². The van der Waals surface area contributed by atoms with Crippen LogP contribution in [-0.4, -0.2) is 29.0 Å².